The van der Waals surface area contributed by atoms with E-state index in [1.54, 1.807) is 6.08 Å². The highest BCUT2D eigenvalue weighted by Crippen LogP contribution is 2.34. The van der Waals surface area contributed by atoms with Crippen molar-refractivity contribution in [2.24, 2.45) is 5.92 Å². The highest BCUT2D eigenvalue weighted by Gasteiger charge is 2.32. The number of hydrogen-bond donors (Lipinski definition) is 0. The van der Waals surface area contributed by atoms with E-state index in [9.17, 15) is 13.6 Å². The molecule has 1 atom stereocenters. The van der Waals surface area contributed by atoms with Crippen molar-refractivity contribution in [2.75, 3.05) is 13.7 Å². The van der Waals surface area contributed by atoms with Gasteiger partial charge in [-0.2, -0.15) is 8.78 Å². The molecule has 1 unspecified atom stereocenters. The van der Waals surface area contributed by atoms with E-state index in [1.165, 1.54) is 7.11 Å². The summed E-state index contributed by atoms with van der Waals surface area (Å²) in [5, 5.41) is 0. The SMILES string of the molecule is COC(=O)C1Cc2nc(-c3cccc(C)c3C)oc2C=C1COC(F)F. The smallest absolute Gasteiger partial charge is 0.345 e. The van der Waals surface area contributed by atoms with Gasteiger partial charge in [0.1, 0.15) is 0 Å². The minimum absolute atomic E-state index is 0.217. The summed E-state index contributed by atoms with van der Waals surface area (Å²) >= 11 is 0. The van der Waals surface area contributed by atoms with Crippen LogP contribution in [0.2, 0.25) is 0 Å². The van der Waals surface area contributed by atoms with Crippen LogP contribution in [0.1, 0.15) is 22.6 Å². The number of carbonyl (C=O) groups excluding carboxylic acids is 1. The number of fused-ring (bicyclic) bond motifs is 1. The topological polar surface area (TPSA) is 61.6 Å². The van der Waals surface area contributed by atoms with Crippen LogP contribution in [-0.4, -0.2) is 31.3 Å². The van der Waals surface area contributed by atoms with Gasteiger partial charge in [-0.05, 0) is 42.7 Å². The van der Waals surface area contributed by atoms with Crippen LogP contribution in [0.4, 0.5) is 8.78 Å². The molecule has 7 heteroatoms. The van der Waals surface area contributed by atoms with Gasteiger partial charge in [-0.15, -0.1) is 0 Å². The fraction of sp³-hybridized carbons (Fsp3) is 0.368. The second kappa shape index (κ2) is 7.37. The first-order valence-electron chi connectivity index (χ1n) is 8.15. The number of ether oxygens (including phenoxy) is 2. The zero-order valence-corrected chi connectivity index (χ0v) is 14.7. The Labute approximate surface area is 149 Å². The van der Waals surface area contributed by atoms with E-state index in [0.717, 1.165) is 16.7 Å². The standard InChI is InChI=1S/C19H19F2NO4/c1-10-5-4-6-13(11(10)2)17-22-15-8-14(18(23)24-3)12(7-16(15)26-17)9-25-19(20)21/h4-7,14,19H,8-9H2,1-3H3. The summed E-state index contributed by atoms with van der Waals surface area (Å²) in [7, 11) is 1.26. The highest BCUT2D eigenvalue weighted by atomic mass is 19.3. The molecule has 1 aromatic carbocycles. The molecule has 1 aromatic heterocycles. The van der Waals surface area contributed by atoms with Crippen molar-refractivity contribution in [1.29, 1.82) is 0 Å². The first-order chi connectivity index (χ1) is 12.4. The number of rotatable bonds is 5. The molecule has 0 bridgehead atoms. The molecule has 1 heterocycles. The predicted octanol–water partition coefficient (Wildman–Crippen LogP) is 3.93. The molecule has 26 heavy (non-hydrogen) atoms. The molecule has 2 aromatic rings. The lowest BCUT2D eigenvalue weighted by atomic mass is 9.89. The molecule has 0 saturated heterocycles. The number of halogens is 2. The lowest BCUT2D eigenvalue weighted by molar-refractivity contribution is -0.146. The summed E-state index contributed by atoms with van der Waals surface area (Å²) in [5.41, 5.74) is 3.98. The Bertz CT molecular complexity index is 857. The monoisotopic (exact) mass is 363 g/mol. The number of aromatic nitrogens is 1. The molecular formula is C19H19F2NO4. The van der Waals surface area contributed by atoms with Crippen LogP contribution in [0.5, 0.6) is 0 Å². The maximum Gasteiger partial charge on any atom is 0.345 e. The van der Waals surface area contributed by atoms with Gasteiger partial charge in [0, 0.05) is 12.0 Å². The van der Waals surface area contributed by atoms with Crippen molar-refractivity contribution in [3.8, 4) is 11.5 Å². The third kappa shape index (κ3) is 3.53. The van der Waals surface area contributed by atoms with Crippen LogP contribution in [0.25, 0.3) is 17.5 Å². The maximum atomic E-state index is 12.4. The minimum atomic E-state index is -2.92. The molecule has 1 aliphatic carbocycles. The molecule has 0 fully saturated rings. The van der Waals surface area contributed by atoms with Crippen LogP contribution < -0.4 is 0 Å². The van der Waals surface area contributed by atoms with Crippen molar-refractivity contribution in [2.45, 2.75) is 26.9 Å². The molecule has 0 aliphatic heterocycles. The van der Waals surface area contributed by atoms with Crippen LogP contribution in [-0.2, 0) is 20.7 Å². The summed E-state index contributed by atoms with van der Waals surface area (Å²) in [5.74, 6) is -0.347. The van der Waals surface area contributed by atoms with Gasteiger partial charge in [0.2, 0.25) is 5.89 Å². The van der Waals surface area contributed by atoms with E-state index in [4.69, 9.17) is 9.15 Å². The normalized spacial score (nSPS) is 16.4. The van der Waals surface area contributed by atoms with Gasteiger partial charge in [0.25, 0.3) is 0 Å². The van der Waals surface area contributed by atoms with Gasteiger partial charge in [0.15, 0.2) is 5.76 Å². The molecular weight excluding hydrogens is 344 g/mol. The third-order valence-electron chi connectivity index (χ3n) is 4.59. The Morgan fingerprint density at radius 1 is 1.38 bits per heavy atom. The summed E-state index contributed by atoms with van der Waals surface area (Å²) in [6.45, 7) is 0.671. The third-order valence-corrected chi connectivity index (χ3v) is 4.59. The fourth-order valence-electron chi connectivity index (χ4n) is 2.99. The number of carbonyl (C=O) groups is 1. The number of hydrogen-bond acceptors (Lipinski definition) is 5. The summed E-state index contributed by atoms with van der Waals surface area (Å²) in [6, 6.07) is 5.81. The van der Waals surface area contributed by atoms with Crippen molar-refractivity contribution < 1.29 is 27.5 Å². The number of aryl methyl sites for hydroxylation is 1. The average Bonchev–Trinajstić information content (AvgIpc) is 3.03. The zero-order chi connectivity index (χ0) is 18.8. The summed E-state index contributed by atoms with van der Waals surface area (Å²) < 4.78 is 39.8. The van der Waals surface area contributed by atoms with E-state index < -0.39 is 18.5 Å². The average molecular weight is 363 g/mol. The maximum absolute atomic E-state index is 12.4. The van der Waals surface area contributed by atoms with Crippen LogP contribution in [0, 0.1) is 19.8 Å². The van der Waals surface area contributed by atoms with Crippen molar-refractivity contribution in [3.63, 3.8) is 0 Å². The predicted molar refractivity (Wildman–Crippen MR) is 90.6 cm³/mol. The van der Waals surface area contributed by atoms with Gasteiger partial charge in [-0.1, -0.05) is 12.1 Å². The Morgan fingerprint density at radius 2 is 2.15 bits per heavy atom. The molecule has 1 aliphatic rings. The molecule has 0 radical (unpaired) electrons. The number of nitrogens with zero attached hydrogens (tertiary/aromatic N) is 1. The summed E-state index contributed by atoms with van der Waals surface area (Å²) in [4.78, 5) is 16.6. The fourth-order valence-corrected chi connectivity index (χ4v) is 2.99. The van der Waals surface area contributed by atoms with Gasteiger partial charge in [-0.25, -0.2) is 4.98 Å². The van der Waals surface area contributed by atoms with Crippen molar-refractivity contribution in [1.82, 2.24) is 4.98 Å². The van der Waals surface area contributed by atoms with Crippen LogP contribution in [0.3, 0.4) is 0 Å². The second-order valence-electron chi connectivity index (χ2n) is 6.15. The van der Waals surface area contributed by atoms with Gasteiger partial charge in [0.05, 0.1) is 25.3 Å². The van der Waals surface area contributed by atoms with E-state index >= 15 is 0 Å². The first-order valence-corrected chi connectivity index (χ1v) is 8.15. The number of methoxy groups -OCH3 is 1. The zero-order valence-electron chi connectivity index (χ0n) is 14.7. The number of alkyl halides is 2. The van der Waals surface area contributed by atoms with Crippen LogP contribution in [0.15, 0.2) is 28.2 Å². The van der Waals surface area contributed by atoms with Gasteiger partial charge < -0.3 is 13.9 Å². The van der Waals surface area contributed by atoms with E-state index in [1.807, 2.05) is 32.0 Å². The van der Waals surface area contributed by atoms with E-state index in [0.29, 0.717) is 22.9 Å². The molecule has 0 spiro atoms. The number of benzene rings is 1. The van der Waals surface area contributed by atoms with Crippen LogP contribution >= 0.6 is 0 Å². The molecule has 0 amide bonds. The second-order valence-corrected chi connectivity index (χ2v) is 6.15. The molecule has 3 rings (SSSR count). The number of esters is 1. The molecule has 0 N–H and O–H groups in total. The molecule has 0 saturated carbocycles. The Hall–Kier alpha value is -2.54. The first kappa shape index (κ1) is 18.3. The Morgan fingerprint density at radius 3 is 2.85 bits per heavy atom. The Balaban J connectivity index is 1.98. The Kier molecular flexibility index (Phi) is 5.18. The van der Waals surface area contributed by atoms with Gasteiger partial charge in [-0.3, -0.25) is 4.79 Å². The molecule has 138 valence electrons. The van der Waals surface area contributed by atoms with Gasteiger partial charge >= 0.3 is 12.6 Å². The lowest BCUT2D eigenvalue weighted by Crippen LogP contribution is -2.26. The molecule has 5 nitrogen and oxygen atoms in total. The quantitative estimate of drug-likeness (QED) is 0.754. The summed E-state index contributed by atoms with van der Waals surface area (Å²) in [6.07, 6.45) is 1.76. The lowest BCUT2D eigenvalue weighted by Gasteiger charge is -2.20. The van der Waals surface area contributed by atoms with Crippen molar-refractivity contribution >= 4 is 12.0 Å². The van der Waals surface area contributed by atoms with E-state index in [2.05, 4.69) is 9.72 Å². The van der Waals surface area contributed by atoms with Crippen molar-refractivity contribution in [3.05, 3.63) is 46.4 Å². The highest BCUT2D eigenvalue weighted by molar-refractivity contribution is 5.80. The largest absolute Gasteiger partial charge is 0.469 e. The minimum Gasteiger partial charge on any atom is -0.469 e. The number of oxazole rings is 1. The van der Waals surface area contributed by atoms with E-state index in [-0.39, 0.29) is 13.0 Å².